The van der Waals surface area contributed by atoms with Crippen LogP contribution in [0.25, 0.3) is 6.08 Å². The fourth-order valence-electron chi connectivity index (χ4n) is 9.53. The number of aldehydes is 2. The first-order chi connectivity index (χ1) is 44.3. The summed E-state index contributed by atoms with van der Waals surface area (Å²) >= 11 is 5.23. The predicted molar refractivity (Wildman–Crippen MR) is 390 cm³/mol. The van der Waals surface area contributed by atoms with Gasteiger partial charge in [-0.2, -0.15) is 0 Å². The smallest absolute Gasteiger partial charge is 0.188 e. The van der Waals surface area contributed by atoms with Crippen LogP contribution in [-0.4, -0.2) is 102 Å². The van der Waals surface area contributed by atoms with Crippen molar-refractivity contribution in [3.8, 4) is 34.5 Å². The number of hydrogen-bond acceptors (Lipinski definition) is 14. The summed E-state index contributed by atoms with van der Waals surface area (Å²) in [7, 11) is 9.41. The summed E-state index contributed by atoms with van der Waals surface area (Å²) in [4.78, 5) is 21.8. The number of carbonyl (C=O) groups excluding carboxylic acids is 2. The van der Waals surface area contributed by atoms with Gasteiger partial charge < -0.3 is 56.8 Å². The molecule has 496 valence electrons. The zero-order valence-corrected chi connectivity index (χ0v) is 60.7. The molecule has 14 nitrogen and oxygen atoms in total. The Hall–Kier alpha value is -5.93. The molecule has 0 saturated heterocycles. The van der Waals surface area contributed by atoms with Gasteiger partial charge in [-0.25, -0.2) is 0 Å². The van der Waals surface area contributed by atoms with Crippen LogP contribution in [0.2, 0.25) is 0 Å². The first-order valence-electron chi connectivity index (χ1n) is 30.6. The monoisotopic (exact) mass is 1490 g/mol. The van der Waals surface area contributed by atoms with E-state index in [2.05, 4.69) is 188 Å². The van der Waals surface area contributed by atoms with Crippen LogP contribution < -0.4 is 44.3 Å². The zero-order chi connectivity index (χ0) is 66.6. The van der Waals surface area contributed by atoms with Gasteiger partial charge in [0.2, 0.25) is 0 Å². The summed E-state index contributed by atoms with van der Waals surface area (Å²) in [6, 6.07) is 52.0. The second kappa shape index (κ2) is 46.2. The van der Waals surface area contributed by atoms with Crippen molar-refractivity contribution in [2.75, 3.05) is 89.6 Å². The van der Waals surface area contributed by atoms with Gasteiger partial charge in [-0.15, -0.1) is 0 Å². The number of unbranched alkanes of at least 4 members (excludes halogenated alkanes) is 2. The zero-order valence-electron chi connectivity index (χ0n) is 55.5. The van der Waals surface area contributed by atoms with Crippen LogP contribution in [0.3, 0.4) is 0 Å². The van der Waals surface area contributed by atoms with Crippen molar-refractivity contribution in [2.24, 2.45) is 0 Å². The fourth-order valence-corrected chi connectivity index (χ4v) is 19.7. The van der Waals surface area contributed by atoms with Crippen LogP contribution in [0.1, 0.15) is 120 Å². The largest absolute Gasteiger partial charge is 0.467 e. The third-order valence-corrected chi connectivity index (χ3v) is 26.9. The summed E-state index contributed by atoms with van der Waals surface area (Å²) < 4.78 is 59.9. The minimum Gasteiger partial charge on any atom is -0.467 e. The summed E-state index contributed by atoms with van der Waals surface area (Å²) in [5.41, 5.74) is 8.44. The molecule has 7 aromatic rings. The van der Waals surface area contributed by atoms with Gasteiger partial charge >= 0.3 is 153 Å². The molecule has 0 unspecified atom stereocenters. The summed E-state index contributed by atoms with van der Waals surface area (Å²) in [6.07, 6.45) is 15.9. The average molecular weight is 1500 g/mol. The number of aryl methyl sites for hydroxylation is 2. The molecule has 91 heavy (non-hydrogen) atoms. The Balaban J connectivity index is 0.000000299. The number of carbonyl (C=O) groups is 2. The Morgan fingerprint density at radius 3 is 1.22 bits per heavy atom. The van der Waals surface area contributed by atoms with E-state index in [0.717, 1.165) is 65.4 Å². The van der Waals surface area contributed by atoms with Gasteiger partial charge in [0.25, 0.3) is 0 Å². The second-order valence-corrected chi connectivity index (χ2v) is 32.1. The maximum Gasteiger partial charge on any atom is 0.188 e. The molecule has 0 heterocycles. The van der Waals surface area contributed by atoms with E-state index in [4.69, 9.17) is 56.8 Å². The van der Waals surface area contributed by atoms with Gasteiger partial charge in [-0.05, 0) is 105 Å². The van der Waals surface area contributed by atoms with E-state index < -0.39 is 4.25 Å². The van der Waals surface area contributed by atoms with Gasteiger partial charge in [0.05, 0.1) is 11.1 Å². The van der Waals surface area contributed by atoms with Gasteiger partial charge in [-0.3, -0.25) is 9.59 Å². The third-order valence-electron chi connectivity index (χ3n) is 14.3. The first kappa shape index (κ1) is 79.3. The molecule has 0 radical (unpaired) electrons. The number of hydrogen-bond donors (Lipinski definition) is 0. The van der Waals surface area contributed by atoms with E-state index in [9.17, 15) is 9.59 Å². The third kappa shape index (κ3) is 25.5. The van der Waals surface area contributed by atoms with E-state index >= 15 is 0 Å². The summed E-state index contributed by atoms with van der Waals surface area (Å²) in [6.45, 7) is 14.1. The standard InChI is InChI=1S/C21H22IP.C14H21IO2.C14H20O4.C14H20O3.C11H14O5/c1-2-18-23(22,19-12-6-3-7-13-19,20-14-8-4-9-15-20)21-16-10-5-11-17-21;1-4-5-6-12-7-8-14(17-10-16-3)13(9-15)11(12)2;1-4-5-6-12-7-8-13(17-10-15-2)9-14(12)18-11-16-3;1-4-5-6-12-7-8-14(17-10-16-3)13(9-15)11(12)2;1-13-7-15-10-4-3-9(6-12)11(5-10)16-8-14-2/h3-17H,2,18H2,1H3;7-8H,4-6,9-10H2,1-3H3;5-9H,4,10-11H2,1-3H3;7-9H,4-6,10H2,1-3H3;3-6H,7-8H2,1-2H3/b;;6-5+;;. The van der Waals surface area contributed by atoms with Crippen LogP contribution in [0.4, 0.5) is 0 Å². The van der Waals surface area contributed by atoms with Crippen molar-refractivity contribution >= 4 is 83.4 Å². The maximum absolute atomic E-state index is 11.1. The molecule has 0 spiro atoms. The molecule has 0 aliphatic rings. The molecule has 7 aromatic carbocycles. The predicted octanol–water partition coefficient (Wildman–Crippen LogP) is 17.2. The number of halogens is 2. The van der Waals surface area contributed by atoms with E-state index in [1.807, 2.05) is 43.3 Å². The topological polar surface area (TPSA) is 145 Å². The molecule has 17 heteroatoms. The number of ether oxygens (including phenoxy) is 12. The number of allylic oxidation sites excluding steroid dienone is 1. The van der Waals surface area contributed by atoms with Crippen molar-refractivity contribution in [3.63, 3.8) is 0 Å². The van der Waals surface area contributed by atoms with Crippen LogP contribution in [0.5, 0.6) is 34.5 Å². The summed E-state index contributed by atoms with van der Waals surface area (Å²) in [5.74, 6) is 3.98. The van der Waals surface area contributed by atoms with Gasteiger partial charge in [0, 0.05) is 70.3 Å². The quantitative estimate of drug-likeness (QED) is 0.0124. The van der Waals surface area contributed by atoms with E-state index in [1.165, 1.54) is 77.8 Å². The fraction of sp³-hybridized carbons (Fsp3) is 0.378. The molecule has 0 aliphatic carbocycles. The molecular weight excluding hydrogens is 1400 g/mol. The molecule has 0 fully saturated rings. The molecule has 7 rings (SSSR count). The van der Waals surface area contributed by atoms with Crippen molar-refractivity contribution in [1.29, 1.82) is 0 Å². The van der Waals surface area contributed by atoms with Crippen molar-refractivity contribution < 1.29 is 66.4 Å². The Morgan fingerprint density at radius 1 is 0.429 bits per heavy atom. The normalized spacial score (nSPS) is 11.1. The second-order valence-electron chi connectivity index (χ2n) is 20.6. The summed E-state index contributed by atoms with van der Waals surface area (Å²) in [5, 5.41) is 4.41. The van der Waals surface area contributed by atoms with E-state index in [0.29, 0.717) is 47.2 Å². The van der Waals surface area contributed by atoms with Crippen LogP contribution in [-0.2, 0) is 45.7 Å². The Morgan fingerprint density at radius 2 is 0.824 bits per heavy atom. The molecule has 0 bridgehead atoms. The Kier molecular flexibility index (Phi) is 40.3. The Bertz CT molecular complexity index is 3050. The van der Waals surface area contributed by atoms with Crippen molar-refractivity contribution in [1.82, 2.24) is 0 Å². The number of alkyl halides is 1. The first-order valence-corrected chi connectivity index (χ1v) is 37.3. The van der Waals surface area contributed by atoms with Crippen molar-refractivity contribution in [2.45, 2.75) is 97.3 Å². The average Bonchev–Trinajstić information content (AvgIpc) is 0.715. The SMILES string of the molecule is CC/C=C/c1ccc(OCOC)cc1OCOC.CCCCc1ccc(OCOC)c(C=O)c1C.CCCCc1ccc(OCOC)c(CI)c1C.CCCP(I)(c1ccccc1)(c1ccccc1)c1ccccc1.COCOc1ccc(C=O)c(OCOC)c1. The molecule has 0 atom stereocenters. The van der Waals surface area contributed by atoms with Crippen LogP contribution >= 0.6 is 48.9 Å². The molecule has 0 aliphatic heterocycles. The Labute approximate surface area is 569 Å². The molecular formula is C74H97I2O14P. The molecule has 0 saturated carbocycles. The van der Waals surface area contributed by atoms with Gasteiger partial charge in [-0.1, -0.05) is 80.5 Å². The minimum atomic E-state index is -2.46. The van der Waals surface area contributed by atoms with Crippen molar-refractivity contribution in [3.05, 3.63) is 202 Å². The van der Waals surface area contributed by atoms with E-state index in [1.54, 1.807) is 46.6 Å². The minimum absolute atomic E-state index is 0.0779. The number of benzene rings is 7. The van der Waals surface area contributed by atoms with Gasteiger partial charge in [0.15, 0.2) is 53.3 Å². The molecule has 0 aromatic heterocycles. The van der Waals surface area contributed by atoms with Crippen LogP contribution in [0, 0.1) is 13.8 Å². The molecule has 0 N–H and O–H groups in total. The van der Waals surface area contributed by atoms with E-state index in [-0.39, 0.29) is 34.0 Å². The number of methoxy groups -OCH3 is 6. The molecule has 0 amide bonds. The maximum atomic E-state index is 11.1. The van der Waals surface area contributed by atoms with Crippen LogP contribution in [0.15, 0.2) is 158 Å². The van der Waals surface area contributed by atoms with Gasteiger partial charge in [0.1, 0.15) is 34.5 Å². The number of rotatable bonds is 34.